The van der Waals surface area contributed by atoms with Crippen LogP contribution >= 0.6 is 11.6 Å². The van der Waals surface area contributed by atoms with Crippen molar-refractivity contribution < 1.29 is 8.42 Å². The van der Waals surface area contributed by atoms with Gasteiger partial charge in [-0.05, 0) is 42.7 Å². The molecule has 4 nitrogen and oxygen atoms in total. The summed E-state index contributed by atoms with van der Waals surface area (Å²) in [5.74, 6) is 0. The third-order valence-electron chi connectivity index (χ3n) is 4.86. The van der Waals surface area contributed by atoms with Gasteiger partial charge in [-0.25, -0.2) is 8.42 Å². The Bertz CT molecular complexity index is 1050. The van der Waals surface area contributed by atoms with E-state index in [1.807, 2.05) is 49.4 Å². The molecular weight excluding hydrogens is 356 g/mol. The third-order valence-corrected chi connectivity index (χ3v) is 6.34. The first-order valence-corrected chi connectivity index (χ1v) is 10.4. The number of halogens is 1. The molecule has 0 fully saturated rings. The molecule has 4 rings (SSSR count). The van der Waals surface area contributed by atoms with Crippen LogP contribution in [0.1, 0.15) is 28.4 Å². The molecule has 0 unspecified atom stereocenters. The number of aromatic amines is 1. The Hall–Kier alpha value is -1.82. The predicted molar refractivity (Wildman–Crippen MR) is 102 cm³/mol. The van der Waals surface area contributed by atoms with E-state index in [2.05, 4.69) is 4.98 Å². The number of aryl methyl sites for hydroxylation is 1. The van der Waals surface area contributed by atoms with E-state index < -0.39 is 10.0 Å². The van der Waals surface area contributed by atoms with Gasteiger partial charge in [0.15, 0.2) is 0 Å². The van der Waals surface area contributed by atoms with E-state index in [4.69, 9.17) is 11.6 Å². The summed E-state index contributed by atoms with van der Waals surface area (Å²) in [6.07, 6.45) is 1.95. The van der Waals surface area contributed by atoms with Gasteiger partial charge in [0.1, 0.15) is 0 Å². The molecular formula is C19H19ClN2O2S. The molecule has 2 heterocycles. The SMILES string of the molecule is Cc1ccc([C@H]2c3[nH]c4ccc(Cl)cc4c3CCN2S(C)(=O)=O)cc1. The smallest absolute Gasteiger partial charge is 0.212 e. The lowest BCUT2D eigenvalue weighted by molar-refractivity contribution is 0.343. The lowest BCUT2D eigenvalue weighted by atomic mass is 9.94. The zero-order chi connectivity index (χ0) is 17.8. The summed E-state index contributed by atoms with van der Waals surface area (Å²) in [5, 5.41) is 1.76. The van der Waals surface area contributed by atoms with Gasteiger partial charge in [-0.1, -0.05) is 41.4 Å². The monoisotopic (exact) mass is 374 g/mol. The standard InChI is InChI=1S/C19H19ClN2O2S/c1-12-3-5-13(6-4-12)19-18-15(9-10-22(19)25(2,23)24)16-11-14(20)7-8-17(16)21-18/h3-8,11,19,21H,9-10H2,1-2H3/t19-/m0/s1. The fourth-order valence-corrected chi connectivity index (χ4v) is 4.88. The number of rotatable bonds is 2. The molecule has 0 radical (unpaired) electrons. The number of sulfonamides is 1. The highest BCUT2D eigenvalue weighted by atomic mass is 35.5. The lowest BCUT2D eigenvalue weighted by Crippen LogP contribution is -2.39. The van der Waals surface area contributed by atoms with Gasteiger partial charge >= 0.3 is 0 Å². The first kappa shape index (κ1) is 16.6. The molecule has 0 aliphatic carbocycles. The van der Waals surface area contributed by atoms with Crippen LogP contribution in [0.25, 0.3) is 10.9 Å². The average Bonchev–Trinajstić information content (AvgIpc) is 2.92. The second-order valence-corrected chi connectivity index (χ2v) is 9.02. The summed E-state index contributed by atoms with van der Waals surface area (Å²) in [6.45, 7) is 2.49. The molecule has 0 amide bonds. The van der Waals surface area contributed by atoms with Crippen LogP contribution in [0.15, 0.2) is 42.5 Å². The van der Waals surface area contributed by atoms with Gasteiger partial charge in [0, 0.05) is 28.2 Å². The van der Waals surface area contributed by atoms with E-state index in [-0.39, 0.29) is 6.04 Å². The predicted octanol–water partition coefficient (Wildman–Crippen LogP) is 4.04. The third kappa shape index (κ3) is 2.86. The maximum absolute atomic E-state index is 12.4. The summed E-state index contributed by atoms with van der Waals surface area (Å²) in [7, 11) is -3.33. The molecule has 0 saturated heterocycles. The van der Waals surface area contributed by atoms with Gasteiger partial charge in [-0.15, -0.1) is 0 Å². The highest BCUT2D eigenvalue weighted by Crippen LogP contribution is 2.40. The van der Waals surface area contributed by atoms with Gasteiger partial charge in [0.2, 0.25) is 10.0 Å². The highest BCUT2D eigenvalue weighted by molar-refractivity contribution is 7.88. The quantitative estimate of drug-likeness (QED) is 0.736. The Morgan fingerprint density at radius 3 is 2.56 bits per heavy atom. The average molecular weight is 375 g/mol. The largest absolute Gasteiger partial charge is 0.357 e. The van der Waals surface area contributed by atoms with Gasteiger partial charge in [-0.2, -0.15) is 4.31 Å². The van der Waals surface area contributed by atoms with Crippen molar-refractivity contribution in [2.45, 2.75) is 19.4 Å². The minimum absolute atomic E-state index is 0.342. The number of aromatic nitrogens is 1. The second-order valence-electron chi connectivity index (χ2n) is 6.64. The second kappa shape index (κ2) is 5.87. The normalized spacial score (nSPS) is 18.4. The molecule has 1 aliphatic rings. The number of nitrogens with zero attached hydrogens (tertiary/aromatic N) is 1. The van der Waals surface area contributed by atoms with Crippen molar-refractivity contribution in [2.75, 3.05) is 12.8 Å². The van der Waals surface area contributed by atoms with Crippen LogP contribution < -0.4 is 0 Å². The van der Waals surface area contributed by atoms with E-state index in [9.17, 15) is 8.42 Å². The number of benzene rings is 2. The van der Waals surface area contributed by atoms with E-state index in [0.29, 0.717) is 18.0 Å². The molecule has 1 atom stereocenters. The van der Waals surface area contributed by atoms with E-state index in [1.165, 1.54) is 6.26 Å². The summed E-state index contributed by atoms with van der Waals surface area (Å²) in [5.41, 5.74) is 5.20. The molecule has 6 heteroatoms. The zero-order valence-corrected chi connectivity index (χ0v) is 15.7. The van der Waals surface area contributed by atoms with Crippen molar-refractivity contribution in [2.24, 2.45) is 0 Å². The van der Waals surface area contributed by atoms with Crippen LogP contribution in [0.4, 0.5) is 0 Å². The molecule has 0 spiro atoms. The van der Waals surface area contributed by atoms with Crippen molar-refractivity contribution in [3.05, 3.63) is 69.9 Å². The first-order chi connectivity index (χ1) is 11.8. The number of fused-ring (bicyclic) bond motifs is 3. The number of hydrogen-bond donors (Lipinski definition) is 1. The Labute approximate surface area is 152 Å². The van der Waals surface area contributed by atoms with Gasteiger partial charge in [0.05, 0.1) is 12.3 Å². The van der Waals surface area contributed by atoms with Crippen LogP contribution in [-0.2, 0) is 16.4 Å². The van der Waals surface area contributed by atoms with Gasteiger partial charge in [0.25, 0.3) is 0 Å². The number of H-pyrrole nitrogens is 1. The van der Waals surface area contributed by atoms with E-state index in [1.54, 1.807) is 4.31 Å². The Kier molecular flexibility index (Phi) is 3.90. The van der Waals surface area contributed by atoms with Crippen molar-refractivity contribution in [1.82, 2.24) is 9.29 Å². The fourth-order valence-electron chi connectivity index (χ4n) is 3.68. The molecule has 3 aromatic rings. The Morgan fingerprint density at radius 1 is 1.16 bits per heavy atom. The van der Waals surface area contributed by atoms with E-state index >= 15 is 0 Å². The summed E-state index contributed by atoms with van der Waals surface area (Å²) in [4.78, 5) is 3.44. The van der Waals surface area contributed by atoms with Crippen LogP contribution in [0.3, 0.4) is 0 Å². The van der Waals surface area contributed by atoms with Crippen LogP contribution in [0, 0.1) is 6.92 Å². The zero-order valence-electron chi connectivity index (χ0n) is 14.1. The van der Waals surface area contributed by atoms with Gasteiger partial charge < -0.3 is 4.98 Å². The maximum atomic E-state index is 12.4. The van der Waals surface area contributed by atoms with Crippen LogP contribution in [0.5, 0.6) is 0 Å². The van der Waals surface area contributed by atoms with Crippen molar-refractivity contribution in [3.63, 3.8) is 0 Å². The summed E-state index contributed by atoms with van der Waals surface area (Å²) < 4.78 is 26.4. The van der Waals surface area contributed by atoms with E-state index in [0.717, 1.165) is 33.3 Å². The Morgan fingerprint density at radius 2 is 1.88 bits per heavy atom. The maximum Gasteiger partial charge on any atom is 0.212 e. The molecule has 1 aliphatic heterocycles. The first-order valence-electron chi connectivity index (χ1n) is 8.18. The fraction of sp³-hybridized carbons (Fsp3) is 0.263. The number of hydrogen-bond acceptors (Lipinski definition) is 2. The molecule has 130 valence electrons. The summed E-state index contributed by atoms with van der Waals surface area (Å²) in [6, 6.07) is 13.5. The molecule has 0 bridgehead atoms. The van der Waals surface area contributed by atoms with Crippen molar-refractivity contribution in [3.8, 4) is 0 Å². The molecule has 0 saturated carbocycles. The summed E-state index contributed by atoms with van der Waals surface area (Å²) >= 11 is 6.17. The van der Waals surface area contributed by atoms with Crippen molar-refractivity contribution in [1.29, 1.82) is 0 Å². The van der Waals surface area contributed by atoms with Crippen LogP contribution in [-0.4, -0.2) is 30.5 Å². The molecule has 2 aromatic carbocycles. The number of nitrogens with one attached hydrogen (secondary N) is 1. The van der Waals surface area contributed by atoms with Crippen LogP contribution in [0.2, 0.25) is 5.02 Å². The topological polar surface area (TPSA) is 53.2 Å². The molecule has 1 N–H and O–H groups in total. The highest BCUT2D eigenvalue weighted by Gasteiger charge is 2.36. The van der Waals surface area contributed by atoms with Crippen molar-refractivity contribution >= 4 is 32.5 Å². The minimum atomic E-state index is -3.33. The minimum Gasteiger partial charge on any atom is -0.357 e. The molecule has 1 aromatic heterocycles. The molecule has 25 heavy (non-hydrogen) atoms. The lowest BCUT2D eigenvalue weighted by Gasteiger charge is -2.34. The van der Waals surface area contributed by atoms with Gasteiger partial charge in [-0.3, -0.25) is 0 Å². The Balaban J connectivity index is 1.96.